The third kappa shape index (κ3) is 3.15. The molecule has 0 aliphatic rings. The van der Waals surface area contributed by atoms with Gasteiger partial charge in [-0.05, 0) is 47.2 Å². The van der Waals surface area contributed by atoms with Gasteiger partial charge >= 0.3 is 0 Å². The average Bonchev–Trinajstić information content (AvgIpc) is 3.18. The van der Waals surface area contributed by atoms with Crippen LogP contribution in [0.1, 0.15) is 10.4 Å². The second-order valence-corrected chi connectivity index (χ2v) is 7.61. The van der Waals surface area contributed by atoms with Gasteiger partial charge in [0, 0.05) is 16.8 Å². The zero-order chi connectivity index (χ0) is 18.9. The lowest BCUT2D eigenvalue weighted by molar-refractivity contribution is 0.102. The normalized spacial score (nSPS) is 11.0. The van der Waals surface area contributed by atoms with Gasteiger partial charge in [-0.2, -0.15) is 0 Å². The Morgan fingerprint density at radius 2 is 1.61 bits per heavy atom. The first-order valence-corrected chi connectivity index (χ1v) is 9.84. The summed E-state index contributed by atoms with van der Waals surface area (Å²) in [7, 11) is 0. The van der Waals surface area contributed by atoms with Crippen LogP contribution in [0.3, 0.4) is 0 Å². The van der Waals surface area contributed by atoms with Crippen LogP contribution in [0.25, 0.3) is 31.6 Å². The third-order valence-electron chi connectivity index (χ3n) is 4.67. The largest absolute Gasteiger partial charge is 0.322 e. The number of nitrogens with zero attached hydrogens (tertiary/aromatic N) is 1. The second-order valence-electron chi connectivity index (χ2n) is 6.58. The maximum atomic E-state index is 12.7. The van der Waals surface area contributed by atoms with Crippen molar-refractivity contribution in [3.05, 3.63) is 96.6 Å². The van der Waals surface area contributed by atoms with Crippen LogP contribution in [0.2, 0.25) is 0 Å². The average molecular weight is 380 g/mol. The molecule has 0 bridgehead atoms. The van der Waals surface area contributed by atoms with Crippen LogP contribution in [-0.2, 0) is 0 Å². The van der Waals surface area contributed by atoms with Crippen molar-refractivity contribution in [1.82, 2.24) is 4.98 Å². The molecule has 0 saturated heterocycles. The van der Waals surface area contributed by atoms with Crippen molar-refractivity contribution in [3.8, 4) is 10.6 Å². The molecular weight excluding hydrogens is 364 g/mol. The molecule has 1 aromatic heterocycles. The zero-order valence-corrected chi connectivity index (χ0v) is 15.7. The molecular formula is C24H16N2OS. The van der Waals surface area contributed by atoms with E-state index in [4.69, 9.17) is 4.98 Å². The summed E-state index contributed by atoms with van der Waals surface area (Å²) in [5.41, 5.74) is 3.39. The molecule has 1 amide bonds. The van der Waals surface area contributed by atoms with E-state index in [1.807, 2.05) is 84.9 Å². The maximum absolute atomic E-state index is 12.7. The number of para-hydroxylation sites is 1. The van der Waals surface area contributed by atoms with Gasteiger partial charge in [-0.15, -0.1) is 11.3 Å². The molecule has 3 nitrogen and oxygen atoms in total. The number of carbonyl (C=O) groups is 1. The molecule has 0 fully saturated rings. The van der Waals surface area contributed by atoms with E-state index in [0.717, 1.165) is 37.2 Å². The van der Waals surface area contributed by atoms with Crippen LogP contribution in [0.4, 0.5) is 5.69 Å². The molecule has 0 saturated carbocycles. The number of nitrogens with one attached hydrogen (secondary N) is 1. The van der Waals surface area contributed by atoms with Gasteiger partial charge in [-0.25, -0.2) is 4.98 Å². The maximum Gasteiger partial charge on any atom is 0.255 e. The number of aromatic nitrogens is 1. The monoisotopic (exact) mass is 380 g/mol. The van der Waals surface area contributed by atoms with E-state index in [9.17, 15) is 4.79 Å². The lowest BCUT2D eigenvalue weighted by atomic mass is 10.1. The van der Waals surface area contributed by atoms with Gasteiger partial charge in [0.05, 0.1) is 10.2 Å². The van der Waals surface area contributed by atoms with Crippen LogP contribution in [0.5, 0.6) is 0 Å². The van der Waals surface area contributed by atoms with Crippen LogP contribution < -0.4 is 5.32 Å². The fraction of sp³-hybridized carbons (Fsp3) is 0. The van der Waals surface area contributed by atoms with E-state index in [1.54, 1.807) is 11.3 Å². The van der Waals surface area contributed by atoms with Gasteiger partial charge in [0.15, 0.2) is 0 Å². The van der Waals surface area contributed by atoms with Crippen molar-refractivity contribution in [2.24, 2.45) is 0 Å². The minimum atomic E-state index is -0.118. The molecule has 0 aliphatic heterocycles. The van der Waals surface area contributed by atoms with Gasteiger partial charge < -0.3 is 5.32 Å². The highest BCUT2D eigenvalue weighted by Crippen LogP contribution is 2.31. The van der Waals surface area contributed by atoms with Crippen molar-refractivity contribution >= 4 is 43.9 Å². The van der Waals surface area contributed by atoms with E-state index in [0.29, 0.717) is 5.56 Å². The van der Waals surface area contributed by atoms with Gasteiger partial charge in [0.1, 0.15) is 5.01 Å². The summed E-state index contributed by atoms with van der Waals surface area (Å²) in [5.74, 6) is -0.118. The number of rotatable bonds is 3. The Balaban J connectivity index is 1.43. The number of thiazole rings is 1. The Labute approximate surface area is 166 Å². The predicted molar refractivity (Wildman–Crippen MR) is 117 cm³/mol. The summed E-state index contributed by atoms with van der Waals surface area (Å²) in [6.45, 7) is 0. The van der Waals surface area contributed by atoms with Gasteiger partial charge in [0.2, 0.25) is 0 Å². The number of amides is 1. The van der Waals surface area contributed by atoms with Crippen LogP contribution in [-0.4, -0.2) is 10.9 Å². The molecule has 0 unspecified atom stereocenters. The van der Waals surface area contributed by atoms with Crippen molar-refractivity contribution < 1.29 is 4.79 Å². The van der Waals surface area contributed by atoms with E-state index in [-0.39, 0.29) is 5.91 Å². The Hall–Kier alpha value is -3.50. The van der Waals surface area contributed by atoms with Crippen molar-refractivity contribution in [3.63, 3.8) is 0 Å². The number of hydrogen-bond donors (Lipinski definition) is 1. The standard InChI is InChI=1S/C24H16N2OS/c27-23(18-13-12-16-6-1-2-7-17(16)14-18)25-20-9-5-8-19(15-20)24-26-21-10-3-4-11-22(21)28-24/h1-15H,(H,25,27). The summed E-state index contributed by atoms with van der Waals surface area (Å²) < 4.78 is 1.16. The summed E-state index contributed by atoms with van der Waals surface area (Å²) in [6.07, 6.45) is 0. The van der Waals surface area contributed by atoms with Gasteiger partial charge in [-0.1, -0.05) is 54.6 Å². The minimum Gasteiger partial charge on any atom is -0.322 e. The highest BCUT2D eigenvalue weighted by atomic mass is 32.1. The highest BCUT2D eigenvalue weighted by molar-refractivity contribution is 7.21. The van der Waals surface area contributed by atoms with E-state index in [2.05, 4.69) is 11.4 Å². The SMILES string of the molecule is O=C(Nc1cccc(-c2nc3ccccc3s2)c1)c1ccc2ccccc2c1. The first kappa shape index (κ1) is 16.7. The molecule has 134 valence electrons. The van der Waals surface area contributed by atoms with E-state index < -0.39 is 0 Å². The number of anilines is 1. The third-order valence-corrected chi connectivity index (χ3v) is 5.76. The molecule has 1 heterocycles. The van der Waals surface area contributed by atoms with Gasteiger partial charge in [0.25, 0.3) is 5.91 Å². The molecule has 4 heteroatoms. The topological polar surface area (TPSA) is 42.0 Å². The number of carbonyl (C=O) groups excluding carboxylic acids is 1. The Morgan fingerprint density at radius 3 is 2.50 bits per heavy atom. The summed E-state index contributed by atoms with van der Waals surface area (Å²) in [5, 5.41) is 6.13. The second kappa shape index (κ2) is 6.91. The fourth-order valence-electron chi connectivity index (χ4n) is 3.26. The van der Waals surface area contributed by atoms with Crippen molar-refractivity contribution in [2.45, 2.75) is 0 Å². The van der Waals surface area contributed by atoms with Crippen LogP contribution >= 0.6 is 11.3 Å². The first-order valence-electron chi connectivity index (χ1n) is 9.02. The minimum absolute atomic E-state index is 0.118. The highest BCUT2D eigenvalue weighted by Gasteiger charge is 2.10. The van der Waals surface area contributed by atoms with Crippen LogP contribution in [0, 0.1) is 0 Å². The molecule has 5 rings (SSSR count). The zero-order valence-electron chi connectivity index (χ0n) is 14.9. The molecule has 5 aromatic rings. The molecule has 1 N–H and O–H groups in total. The smallest absolute Gasteiger partial charge is 0.255 e. The quantitative estimate of drug-likeness (QED) is 0.395. The lowest BCUT2D eigenvalue weighted by Crippen LogP contribution is -2.11. The summed E-state index contributed by atoms with van der Waals surface area (Å²) in [6, 6.07) is 29.7. The number of benzene rings is 4. The van der Waals surface area contributed by atoms with E-state index >= 15 is 0 Å². The molecule has 4 aromatic carbocycles. The lowest BCUT2D eigenvalue weighted by Gasteiger charge is -2.07. The fourth-order valence-corrected chi connectivity index (χ4v) is 4.22. The predicted octanol–water partition coefficient (Wildman–Crippen LogP) is 6.37. The first-order chi connectivity index (χ1) is 13.8. The number of fused-ring (bicyclic) bond motifs is 2. The molecule has 0 atom stereocenters. The summed E-state index contributed by atoms with van der Waals surface area (Å²) >= 11 is 1.65. The number of hydrogen-bond acceptors (Lipinski definition) is 3. The van der Waals surface area contributed by atoms with E-state index in [1.165, 1.54) is 0 Å². The Morgan fingerprint density at radius 1 is 0.786 bits per heavy atom. The molecule has 28 heavy (non-hydrogen) atoms. The Bertz CT molecular complexity index is 1290. The molecule has 0 spiro atoms. The molecule has 0 radical (unpaired) electrons. The van der Waals surface area contributed by atoms with Crippen LogP contribution in [0.15, 0.2) is 91.0 Å². The van der Waals surface area contributed by atoms with Crippen molar-refractivity contribution in [2.75, 3.05) is 5.32 Å². The summed E-state index contributed by atoms with van der Waals surface area (Å²) in [4.78, 5) is 17.4. The Kier molecular flexibility index (Phi) is 4.11. The van der Waals surface area contributed by atoms with Crippen molar-refractivity contribution in [1.29, 1.82) is 0 Å². The molecule has 0 aliphatic carbocycles. The van der Waals surface area contributed by atoms with Gasteiger partial charge in [-0.3, -0.25) is 4.79 Å².